The van der Waals surface area contributed by atoms with Crippen LogP contribution in [0.3, 0.4) is 0 Å². The number of nitrogens with one attached hydrogen (secondary N) is 1. The molecule has 0 aromatic heterocycles. The normalized spacial score (nSPS) is 19.2. The Bertz CT molecular complexity index is 402. The maximum atomic E-state index is 10.5. The van der Waals surface area contributed by atoms with E-state index in [1.807, 2.05) is 24.3 Å². The molecule has 118 valence electrons. The standard InChI is InChI=1S/C17H28N2O2/c1-3-12-21-16-6-4-15(5-7-16)17(20)14(2)13-19-10-8-18-9-11-19/h4-7,14,17-18,20H,3,8-13H2,1-2H3. The molecule has 0 amide bonds. The van der Waals surface area contributed by atoms with E-state index < -0.39 is 6.10 Å². The Labute approximate surface area is 128 Å². The number of aliphatic hydroxyl groups excluding tert-OH is 1. The Morgan fingerprint density at radius 2 is 1.90 bits per heavy atom. The summed E-state index contributed by atoms with van der Waals surface area (Å²) in [6.45, 7) is 10.1. The zero-order valence-corrected chi connectivity index (χ0v) is 13.2. The molecule has 4 heteroatoms. The number of hydrogen-bond donors (Lipinski definition) is 2. The summed E-state index contributed by atoms with van der Waals surface area (Å²) in [4.78, 5) is 2.42. The van der Waals surface area contributed by atoms with E-state index in [2.05, 4.69) is 24.1 Å². The van der Waals surface area contributed by atoms with E-state index in [0.717, 1.165) is 57.1 Å². The van der Waals surface area contributed by atoms with E-state index in [1.54, 1.807) is 0 Å². The molecule has 0 saturated carbocycles. The quantitative estimate of drug-likeness (QED) is 0.807. The zero-order valence-electron chi connectivity index (χ0n) is 13.2. The number of rotatable bonds is 7. The first kappa shape index (κ1) is 16.3. The van der Waals surface area contributed by atoms with E-state index >= 15 is 0 Å². The Hall–Kier alpha value is -1.10. The fraction of sp³-hybridized carbons (Fsp3) is 0.647. The van der Waals surface area contributed by atoms with Gasteiger partial charge in [-0.1, -0.05) is 26.0 Å². The third kappa shape index (κ3) is 4.99. The second-order valence-corrected chi connectivity index (χ2v) is 5.89. The van der Waals surface area contributed by atoms with Crippen LogP contribution in [-0.4, -0.2) is 49.3 Å². The van der Waals surface area contributed by atoms with Gasteiger partial charge < -0.3 is 20.1 Å². The van der Waals surface area contributed by atoms with Gasteiger partial charge >= 0.3 is 0 Å². The van der Waals surface area contributed by atoms with Crippen molar-refractivity contribution in [3.63, 3.8) is 0 Å². The average Bonchev–Trinajstić information content (AvgIpc) is 2.53. The van der Waals surface area contributed by atoms with Crippen LogP contribution >= 0.6 is 0 Å². The van der Waals surface area contributed by atoms with E-state index in [4.69, 9.17) is 4.74 Å². The highest BCUT2D eigenvalue weighted by Crippen LogP contribution is 2.24. The van der Waals surface area contributed by atoms with Crippen molar-refractivity contribution in [3.05, 3.63) is 29.8 Å². The lowest BCUT2D eigenvalue weighted by atomic mass is 9.96. The molecule has 2 atom stereocenters. The molecule has 2 N–H and O–H groups in total. The predicted molar refractivity (Wildman–Crippen MR) is 85.7 cm³/mol. The molecule has 1 aliphatic heterocycles. The Balaban J connectivity index is 1.87. The van der Waals surface area contributed by atoms with E-state index in [1.165, 1.54) is 0 Å². The lowest BCUT2D eigenvalue weighted by molar-refractivity contribution is 0.0842. The molecule has 1 aromatic carbocycles. The van der Waals surface area contributed by atoms with Gasteiger partial charge in [-0.05, 0) is 30.0 Å². The number of benzene rings is 1. The van der Waals surface area contributed by atoms with Crippen molar-refractivity contribution in [1.29, 1.82) is 0 Å². The Morgan fingerprint density at radius 3 is 2.52 bits per heavy atom. The number of ether oxygens (including phenoxy) is 1. The number of aliphatic hydroxyl groups is 1. The van der Waals surface area contributed by atoms with Crippen molar-refractivity contribution in [1.82, 2.24) is 10.2 Å². The smallest absolute Gasteiger partial charge is 0.119 e. The second kappa shape index (κ2) is 8.37. The van der Waals surface area contributed by atoms with Crippen LogP contribution in [0.2, 0.25) is 0 Å². The summed E-state index contributed by atoms with van der Waals surface area (Å²) in [6, 6.07) is 7.85. The van der Waals surface area contributed by atoms with Crippen LogP contribution in [0.4, 0.5) is 0 Å². The van der Waals surface area contributed by atoms with Crippen molar-refractivity contribution in [3.8, 4) is 5.75 Å². The molecule has 1 fully saturated rings. The molecule has 0 radical (unpaired) electrons. The Kier molecular flexibility index (Phi) is 6.49. The molecule has 1 aliphatic rings. The molecule has 1 heterocycles. The molecule has 0 aliphatic carbocycles. The van der Waals surface area contributed by atoms with Crippen LogP contribution in [0.1, 0.15) is 31.9 Å². The molecule has 1 saturated heterocycles. The minimum Gasteiger partial charge on any atom is -0.494 e. The van der Waals surface area contributed by atoms with Crippen LogP contribution in [0.25, 0.3) is 0 Å². The summed E-state index contributed by atoms with van der Waals surface area (Å²) < 4.78 is 5.58. The van der Waals surface area contributed by atoms with Crippen molar-refractivity contribution in [2.45, 2.75) is 26.4 Å². The summed E-state index contributed by atoms with van der Waals surface area (Å²) in [5.41, 5.74) is 0.974. The summed E-state index contributed by atoms with van der Waals surface area (Å²) in [5.74, 6) is 1.10. The molecule has 21 heavy (non-hydrogen) atoms. The van der Waals surface area contributed by atoms with Gasteiger partial charge in [-0.3, -0.25) is 0 Å². The van der Waals surface area contributed by atoms with Gasteiger partial charge in [0.05, 0.1) is 12.7 Å². The molecular weight excluding hydrogens is 264 g/mol. The highest BCUT2D eigenvalue weighted by Gasteiger charge is 2.20. The SMILES string of the molecule is CCCOc1ccc(C(O)C(C)CN2CCNCC2)cc1. The largest absolute Gasteiger partial charge is 0.494 e. The van der Waals surface area contributed by atoms with Crippen LogP contribution in [0.15, 0.2) is 24.3 Å². The highest BCUT2D eigenvalue weighted by molar-refractivity contribution is 5.28. The summed E-state index contributed by atoms with van der Waals surface area (Å²) in [5, 5.41) is 13.9. The van der Waals surface area contributed by atoms with Gasteiger partial charge in [-0.15, -0.1) is 0 Å². The van der Waals surface area contributed by atoms with Gasteiger partial charge in [0.1, 0.15) is 5.75 Å². The third-order valence-corrected chi connectivity index (χ3v) is 3.99. The fourth-order valence-electron chi connectivity index (χ4n) is 2.71. The summed E-state index contributed by atoms with van der Waals surface area (Å²) in [6.07, 6.45) is 0.589. The maximum Gasteiger partial charge on any atom is 0.119 e. The Morgan fingerprint density at radius 1 is 1.24 bits per heavy atom. The maximum absolute atomic E-state index is 10.5. The first-order valence-electron chi connectivity index (χ1n) is 8.04. The zero-order chi connectivity index (χ0) is 15.1. The first-order valence-corrected chi connectivity index (χ1v) is 8.04. The molecule has 1 aromatic rings. The third-order valence-electron chi connectivity index (χ3n) is 3.99. The van der Waals surface area contributed by atoms with Gasteiger partial charge in [0.25, 0.3) is 0 Å². The summed E-state index contributed by atoms with van der Waals surface area (Å²) >= 11 is 0. The molecule has 2 rings (SSSR count). The van der Waals surface area contributed by atoms with Gasteiger partial charge in [-0.25, -0.2) is 0 Å². The van der Waals surface area contributed by atoms with Crippen LogP contribution in [-0.2, 0) is 0 Å². The van der Waals surface area contributed by atoms with Crippen molar-refractivity contribution in [2.75, 3.05) is 39.3 Å². The fourth-order valence-corrected chi connectivity index (χ4v) is 2.71. The van der Waals surface area contributed by atoms with Gasteiger partial charge in [0.2, 0.25) is 0 Å². The van der Waals surface area contributed by atoms with Gasteiger partial charge in [0.15, 0.2) is 0 Å². The predicted octanol–water partition coefficient (Wildman–Crippen LogP) is 2.05. The van der Waals surface area contributed by atoms with Crippen LogP contribution in [0, 0.1) is 5.92 Å². The minimum atomic E-state index is -0.417. The van der Waals surface area contributed by atoms with Crippen molar-refractivity contribution < 1.29 is 9.84 Å². The first-order chi connectivity index (χ1) is 10.2. The molecule has 2 unspecified atom stereocenters. The summed E-state index contributed by atoms with van der Waals surface area (Å²) in [7, 11) is 0. The number of piperazine rings is 1. The number of nitrogens with zero attached hydrogens (tertiary/aromatic N) is 1. The van der Waals surface area contributed by atoms with Crippen molar-refractivity contribution in [2.24, 2.45) is 5.92 Å². The monoisotopic (exact) mass is 292 g/mol. The van der Waals surface area contributed by atoms with Crippen LogP contribution < -0.4 is 10.1 Å². The van der Waals surface area contributed by atoms with Gasteiger partial charge in [-0.2, -0.15) is 0 Å². The molecule has 4 nitrogen and oxygen atoms in total. The van der Waals surface area contributed by atoms with Crippen molar-refractivity contribution >= 4 is 0 Å². The molecule has 0 spiro atoms. The second-order valence-electron chi connectivity index (χ2n) is 5.89. The van der Waals surface area contributed by atoms with E-state index in [9.17, 15) is 5.11 Å². The van der Waals surface area contributed by atoms with E-state index in [0.29, 0.717) is 0 Å². The molecular formula is C17H28N2O2. The van der Waals surface area contributed by atoms with Gasteiger partial charge in [0, 0.05) is 32.7 Å². The lowest BCUT2D eigenvalue weighted by Gasteiger charge is -2.31. The van der Waals surface area contributed by atoms with E-state index in [-0.39, 0.29) is 5.92 Å². The number of hydrogen-bond acceptors (Lipinski definition) is 4. The van der Waals surface area contributed by atoms with Crippen LogP contribution in [0.5, 0.6) is 5.75 Å². The molecule has 0 bridgehead atoms. The minimum absolute atomic E-state index is 0.227. The average molecular weight is 292 g/mol. The topological polar surface area (TPSA) is 44.7 Å². The highest BCUT2D eigenvalue weighted by atomic mass is 16.5. The lowest BCUT2D eigenvalue weighted by Crippen LogP contribution is -2.45.